The van der Waals surface area contributed by atoms with Crippen molar-refractivity contribution in [2.24, 2.45) is 11.1 Å². The summed E-state index contributed by atoms with van der Waals surface area (Å²) in [7, 11) is 0. The van der Waals surface area contributed by atoms with Crippen LogP contribution in [0.5, 0.6) is 0 Å². The number of nitrogens with zero attached hydrogens (tertiary/aromatic N) is 1. The minimum Gasteiger partial charge on any atom is -0.392 e. The van der Waals surface area contributed by atoms with Crippen LogP contribution in [-0.2, 0) is 4.84 Å². The van der Waals surface area contributed by atoms with Gasteiger partial charge in [0.15, 0.2) is 0 Å². The maximum atomic E-state index is 5.32. The van der Waals surface area contributed by atoms with Crippen molar-refractivity contribution in [2.45, 2.75) is 51.0 Å². The highest BCUT2D eigenvalue weighted by Gasteiger charge is 2.18. The zero-order valence-electron chi connectivity index (χ0n) is 7.46. The quantitative estimate of drug-likeness (QED) is 0.466. The van der Waals surface area contributed by atoms with Gasteiger partial charge in [-0.1, -0.05) is 11.6 Å². The summed E-state index contributed by atoms with van der Waals surface area (Å²) in [5, 5.41) is 3.93. The van der Waals surface area contributed by atoms with Gasteiger partial charge in [-0.25, -0.2) is 0 Å². The molecule has 0 N–H and O–H groups in total. The van der Waals surface area contributed by atoms with Gasteiger partial charge in [0.05, 0.1) is 0 Å². The van der Waals surface area contributed by atoms with Crippen molar-refractivity contribution in [3.8, 4) is 0 Å². The molecule has 0 unspecified atom stereocenters. The maximum absolute atomic E-state index is 5.32. The van der Waals surface area contributed by atoms with Gasteiger partial charge in [0.1, 0.15) is 12.3 Å². The Bertz CT molecular complexity index is 157. The number of hydrogen-bond acceptors (Lipinski definition) is 2. The van der Waals surface area contributed by atoms with Crippen molar-refractivity contribution < 1.29 is 4.84 Å². The molecule has 67 valence electrons. The van der Waals surface area contributed by atoms with Crippen LogP contribution in [0.4, 0.5) is 0 Å². The summed E-state index contributed by atoms with van der Waals surface area (Å²) in [6.07, 6.45) is 12.3. The second-order valence-corrected chi connectivity index (χ2v) is 3.86. The third-order valence-corrected chi connectivity index (χ3v) is 2.84. The average Bonchev–Trinajstić information content (AvgIpc) is 2.46. The van der Waals surface area contributed by atoms with Crippen molar-refractivity contribution in [3.63, 3.8) is 0 Å². The smallest absolute Gasteiger partial charge is 0.127 e. The molecule has 0 spiro atoms. The molecule has 0 atom stereocenters. The Hall–Kier alpha value is -0.530. The molecule has 2 saturated carbocycles. The van der Waals surface area contributed by atoms with E-state index in [1.165, 1.54) is 44.9 Å². The van der Waals surface area contributed by atoms with E-state index in [4.69, 9.17) is 4.84 Å². The van der Waals surface area contributed by atoms with Gasteiger partial charge >= 0.3 is 0 Å². The first-order chi connectivity index (χ1) is 5.95. The fourth-order valence-electron chi connectivity index (χ4n) is 1.71. The molecule has 2 aliphatic carbocycles. The van der Waals surface area contributed by atoms with Crippen molar-refractivity contribution in [2.75, 3.05) is 0 Å². The van der Waals surface area contributed by atoms with Gasteiger partial charge in [-0.3, -0.25) is 0 Å². The summed E-state index contributed by atoms with van der Waals surface area (Å²) in [5.74, 6) is 0.603. The summed E-state index contributed by atoms with van der Waals surface area (Å²) in [5.41, 5.74) is 0. The molecule has 0 saturated heterocycles. The van der Waals surface area contributed by atoms with Gasteiger partial charge in [-0.15, -0.1) is 0 Å². The zero-order valence-corrected chi connectivity index (χ0v) is 7.46. The predicted octanol–water partition coefficient (Wildman–Crippen LogP) is 2.61. The van der Waals surface area contributed by atoms with E-state index in [9.17, 15) is 0 Å². The van der Waals surface area contributed by atoms with Gasteiger partial charge in [0.25, 0.3) is 0 Å². The van der Waals surface area contributed by atoms with E-state index in [1.807, 2.05) is 0 Å². The van der Waals surface area contributed by atoms with E-state index in [1.54, 1.807) is 0 Å². The summed E-state index contributed by atoms with van der Waals surface area (Å²) in [6, 6.07) is 0. The molecule has 12 heavy (non-hydrogen) atoms. The predicted molar refractivity (Wildman–Crippen MR) is 48.1 cm³/mol. The monoisotopic (exact) mass is 166 g/mol. The lowest BCUT2D eigenvalue weighted by Gasteiger charge is -2.19. The third-order valence-electron chi connectivity index (χ3n) is 2.84. The summed E-state index contributed by atoms with van der Waals surface area (Å²) in [6.45, 7) is 0. The lowest BCUT2D eigenvalue weighted by atomic mass is 9.87. The van der Waals surface area contributed by atoms with Crippen LogP contribution in [0.1, 0.15) is 44.9 Å². The molecule has 0 heterocycles. The van der Waals surface area contributed by atoms with E-state index in [0.717, 1.165) is 0 Å². The van der Waals surface area contributed by atoms with E-state index in [0.29, 0.717) is 12.0 Å². The Morgan fingerprint density at radius 1 is 1.00 bits per heavy atom. The molecule has 2 rings (SSSR count). The number of hydrogen-bond donors (Lipinski definition) is 0. The molecule has 2 aliphatic rings. The first-order valence-corrected chi connectivity index (χ1v) is 5.06. The largest absolute Gasteiger partial charge is 0.392 e. The second kappa shape index (κ2) is 3.92. The van der Waals surface area contributed by atoms with Crippen LogP contribution in [0.15, 0.2) is 5.16 Å². The Morgan fingerprint density at radius 2 is 1.75 bits per heavy atom. The van der Waals surface area contributed by atoms with Gasteiger partial charge in [-0.05, 0) is 38.5 Å². The second-order valence-electron chi connectivity index (χ2n) is 3.86. The first kappa shape index (κ1) is 8.09. The molecule has 2 nitrogen and oxygen atoms in total. The van der Waals surface area contributed by atoms with Crippen LogP contribution in [0.2, 0.25) is 0 Å². The lowest BCUT2D eigenvalue weighted by Crippen LogP contribution is -2.13. The van der Waals surface area contributed by atoms with Gasteiger partial charge < -0.3 is 4.84 Å². The van der Waals surface area contributed by atoms with Crippen LogP contribution in [0.25, 0.3) is 0 Å². The summed E-state index contributed by atoms with van der Waals surface area (Å²) in [4.78, 5) is 5.32. The maximum Gasteiger partial charge on any atom is 0.127 e. The van der Waals surface area contributed by atoms with Crippen LogP contribution in [0, 0.1) is 5.92 Å². The van der Waals surface area contributed by atoms with Crippen LogP contribution in [0.3, 0.4) is 0 Å². The molecule has 2 fully saturated rings. The summed E-state index contributed by atoms with van der Waals surface area (Å²) >= 11 is 0. The molecule has 0 aromatic carbocycles. The molecule has 0 aromatic heterocycles. The molecule has 0 bridgehead atoms. The van der Waals surface area contributed by atoms with Gasteiger partial charge in [0, 0.05) is 5.92 Å². The van der Waals surface area contributed by atoms with Gasteiger partial charge in [0.2, 0.25) is 0 Å². The van der Waals surface area contributed by atoms with Crippen LogP contribution >= 0.6 is 0 Å². The zero-order chi connectivity index (χ0) is 8.23. The molecule has 2 heteroatoms. The molecule has 0 aliphatic heterocycles. The fraction of sp³-hybridized carbons (Fsp3) is 0.900. The van der Waals surface area contributed by atoms with Crippen LogP contribution < -0.4 is 0 Å². The standard InChI is InChI=1S/C10H16NO/c1-2-7-10(6-1)12-11-8-9-4-3-5-9/h9-10H,1-7H2. The van der Waals surface area contributed by atoms with E-state index in [-0.39, 0.29) is 0 Å². The molecule has 0 amide bonds. The molecular weight excluding hydrogens is 150 g/mol. The molecule has 1 radical (unpaired) electrons. The Morgan fingerprint density at radius 3 is 2.33 bits per heavy atom. The normalized spacial score (nSPS) is 26.3. The van der Waals surface area contributed by atoms with E-state index < -0.39 is 0 Å². The fourth-order valence-corrected chi connectivity index (χ4v) is 1.71. The van der Waals surface area contributed by atoms with Crippen molar-refractivity contribution in [1.82, 2.24) is 0 Å². The Labute approximate surface area is 74.0 Å². The third kappa shape index (κ3) is 1.99. The minimum atomic E-state index is 0.401. The first-order valence-electron chi connectivity index (χ1n) is 5.06. The SMILES string of the molecule is [C](=N\OC1CCCC1)/C1CCC1. The Balaban J connectivity index is 1.62. The lowest BCUT2D eigenvalue weighted by molar-refractivity contribution is 0.0640. The Kier molecular flexibility index (Phi) is 2.64. The van der Waals surface area contributed by atoms with E-state index in [2.05, 4.69) is 11.4 Å². The number of rotatable bonds is 3. The average molecular weight is 166 g/mol. The minimum absolute atomic E-state index is 0.401. The molecular formula is C10H16NO. The summed E-state index contributed by atoms with van der Waals surface area (Å²) < 4.78 is 0. The van der Waals surface area contributed by atoms with Crippen molar-refractivity contribution >= 4 is 6.21 Å². The van der Waals surface area contributed by atoms with E-state index >= 15 is 0 Å². The highest BCUT2D eigenvalue weighted by atomic mass is 16.6. The topological polar surface area (TPSA) is 21.6 Å². The van der Waals surface area contributed by atoms with Crippen molar-refractivity contribution in [3.05, 3.63) is 0 Å². The highest BCUT2D eigenvalue weighted by Crippen LogP contribution is 2.25. The molecule has 0 aromatic rings. The van der Waals surface area contributed by atoms with Crippen molar-refractivity contribution in [1.29, 1.82) is 0 Å². The van der Waals surface area contributed by atoms with Crippen LogP contribution in [-0.4, -0.2) is 12.3 Å². The highest BCUT2D eigenvalue weighted by molar-refractivity contribution is 5.60. The van der Waals surface area contributed by atoms with Gasteiger partial charge in [-0.2, -0.15) is 0 Å².